The monoisotopic (exact) mass is 523 g/mol. The van der Waals surface area contributed by atoms with Crippen LogP contribution >= 0.6 is 34.8 Å². The van der Waals surface area contributed by atoms with Crippen molar-refractivity contribution in [3.05, 3.63) is 105 Å². The van der Waals surface area contributed by atoms with Gasteiger partial charge in [0.1, 0.15) is 5.69 Å². The van der Waals surface area contributed by atoms with E-state index >= 15 is 0 Å². The normalized spacial score (nSPS) is 14.3. The van der Waals surface area contributed by atoms with Crippen LogP contribution in [0.1, 0.15) is 28.9 Å². The molecular formula is C28H24Cl3N3O. The summed E-state index contributed by atoms with van der Waals surface area (Å²) < 4.78 is 1.64. The number of carbonyl (C=O) groups excluding carboxylic acids is 1. The number of halogens is 3. The van der Waals surface area contributed by atoms with Gasteiger partial charge in [-0.15, -0.1) is 0 Å². The lowest BCUT2D eigenvalue weighted by molar-refractivity contribution is 0.0681. The Balaban J connectivity index is 1.42. The average Bonchev–Trinajstić information content (AvgIpc) is 3.32. The lowest BCUT2D eigenvalue weighted by atomic mass is 9.90. The molecule has 5 rings (SSSR count). The summed E-state index contributed by atoms with van der Waals surface area (Å²) in [7, 11) is 0. The first-order valence-corrected chi connectivity index (χ1v) is 12.8. The Bertz CT molecular complexity index is 1340. The Labute approximate surface area is 220 Å². The van der Waals surface area contributed by atoms with Crippen molar-refractivity contribution in [2.45, 2.75) is 19.3 Å². The van der Waals surface area contributed by atoms with Gasteiger partial charge in [-0.2, -0.15) is 5.10 Å². The number of hydrogen-bond donors (Lipinski definition) is 0. The minimum atomic E-state index is -0.0555. The summed E-state index contributed by atoms with van der Waals surface area (Å²) in [6.07, 6.45) is 2.98. The fraction of sp³-hybridized carbons (Fsp3) is 0.214. The molecule has 0 atom stereocenters. The van der Waals surface area contributed by atoms with Gasteiger partial charge in [0.15, 0.2) is 0 Å². The number of piperidine rings is 1. The smallest absolute Gasteiger partial charge is 0.272 e. The molecule has 0 spiro atoms. The quantitative estimate of drug-likeness (QED) is 0.270. The zero-order chi connectivity index (χ0) is 24.4. The molecule has 0 aliphatic carbocycles. The van der Waals surface area contributed by atoms with Gasteiger partial charge in [0.25, 0.3) is 5.91 Å². The minimum absolute atomic E-state index is 0.0555. The molecule has 1 fully saturated rings. The van der Waals surface area contributed by atoms with Gasteiger partial charge >= 0.3 is 0 Å². The molecule has 0 bridgehead atoms. The SMILES string of the molecule is O=C(c1cc(-c2ccccc2Cl)nn1-c1ccc(Cl)c(Cl)c1)N1CCC(Cc2ccccc2)CC1. The summed E-state index contributed by atoms with van der Waals surface area (Å²) in [6.45, 7) is 1.43. The average molecular weight is 525 g/mol. The Morgan fingerprint density at radius 1 is 0.829 bits per heavy atom. The second-order valence-electron chi connectivity index (χ2n) is 8.83. The van der Waals surface area contributed by atoms with Crippen LogP contribution in [0, 0.1) is 5.92 Å². The second kappa shape index (κ2) is 10.4. The van der Waals surface area contributed by atoms with E-state index in [1.807, 2.05) is 41.3 Å². The maximum absolute atomic E-state index is 13.7. The Kier molecular flexibility index (Phi) is 7.14. The van der Waals surface area contributed by atoms with Crippen LogP contribution in [0.2, 0.25) is 15.1 Å². The lowest BCUT2D eigenvalue weighted by Crippen LogP contribution is -2.39. The maximum atomic E-state index is 13.7. The fourth-order valence-electron chi connectivity index (χ4n) is 4.60. The first-order valence-electron chi connectivity index (χ1n) is 11.6. The van der Waals surface area contributed by atoms with Crippen LogP contribution in [0.15, 0.2) is 78.9 Å². The van der Waals surface area contributed by atoms with Gasteiger partial charge in [0, 0.05) is 18.7 Å². The molecule has 0 radical (unpaired) electrons. The number of amides is 1. The van der Waals surface area contributed by atoms with Gasteiger partial charge in [0.2, 0.25) is 0 Å². The topological polar surface area (TPSA) is 38.1 Å². The van der Waals surface area contributed by atoms with E-state index < -0.39 is 0 Å². The zero-order valence-corrected chi connectivity index (χ0v) is 21.3. The number of benzene rings is 3. The largest absolute Gasteiger partial charge is 0.337 e. The summed E-state index contributed by atoms with van der Waals surface area (Å²) >= 11 is 18.9. The van der Waals surface area contributed by atoms with E-state index in [1.54, 1.807) is 22.9 Å². The van der Waals surface area contributed by atoms with Crippen molar-refractivity contribution < 1.29 is 4.79 Å². The minimum Gasteiger partial charge on any atom is -0.337 e. The molecular weight excluding hydrogens is 501 g/mol. The van der Waals surface area contributed by atoms with E-state index in [9.17, 15) is 4.79 Å². The van der Waals surface area contributed by atoms with E-state index in [0.29, 0.717) is 51.2 Å². The van der Waals surface area contributed by atoms with E-state index in [-0.39, 0.29) is 5.91 Å². The fourth-order valence-corrected chi connectivity index (χ4v) is 5.12. The molecule has 1 aliphatic heterocycles. The van der Waals surface area contributed by atoms with Crippen molar-refractivity contribution in [3.8, 4) is 16.9 Å². The first kappa shape index (κ1) is 23.9. The van der Waals surface area contributed by atoms with E-state index in [2.05, 4.69) is 24.3 Å². The number of hydrogen-bond acceptors (Lipinski definition) is 2. The third kappa shape index (κ3) is 5.25. The van der Waals surface area contributed by atoms with Crippen LogP contribution in [-0.2, 0) is 6.42 Å². The van der Waals surface area contributed by atoms with Crippen LogP contribution in [0.3, 0.4) is 0 Å². The number of rotatable bonds is 5. The lowest BCUT2D eigenvalue weighted by Gasteiger charge is -2.32. The summed E-state index contributed by atoms with van der Waals surface area (Å²) in [5.74, 6) is 0.514. The Morgan fingerprint density at radius 3 is 2.26 bits per heavy atom. The van der Waals surface area contributed by atoms with E-state index in [4.69, 9.17) is 39.9 Å². The van der Waals surface area contributed by atoms with Crippen molar-refractivity contribution in [1.29, 1.82) is 0 Å². The molecule has 35 heavy (non-hydrogen) atoms. The summed E-state index contributed by atoms with van der Waals surface area (Å²) in [5, 5.41) is 6.18. The summed E-state index contributed by atoms with van der Waals surface area (Å²) in [4.78, 5) is 15.6. The second-order valence-corrected chi connectivity index (χ2v) is 10.1. The predicted octanol–water partition coefficient (Wildman–Crippen LogP) is 7.59. The highest BCUT2D eigenvalue weighted by molar-refractivity contribution is 6.42. The third-order valence-electron chi connectivity index (χ3n) is 6.49. The molecule has 1 aliphatic rings. The molecule has 0 unspecified atom stereocenters. The third-order valence-corrected chi connectivity index (χ3v) is 7.56. The van der Waals surface area contributed by atoms with E-state index in [0.717, 1.165) is 24.8 Å². The number of carbonyl (C=O) groups is 1. The maximum Gasteiger partial charge on any atom is 0.272 e. The van der Waals surface area contributed by atoms with Crippen molar-refractivity contribution in [3.63, 3.8) is 0 Å². The molecule has 0 N–H and O–H groups in total. The number of aromatic nitrogens is 2. The van der Waals surface area contributed by atoms with Crippen molar-refractivity contribution in [2.75, 3.05) is 13.1 Å². The number of nitrogens with zero attached hydrogens (tertiary/aromatic N) is 3. The highest BCUT2D eigenvalue weighted by Crippen LogP contribution is 2.31. The van der Waals surface area contributed by atoms with Gasteiger partial charge in [-0.25, -0.2) is 4.68 Å². The van der Waals surface area contributed by atoms with Crippen molar-refractivity contribution in [1.82, 2.24) is 14.7 Å². The highest BCUT2D eigenvalue weighted by atomic mass is 35.5. The molecule has 0 saturated carbocycles. The zero-order valence-electron chi connectivity index (χ0n) is 19.0. The molecule has 178 valence electrons. The molecule has 2 heterocycles. The molecule has 4 aromatic rings. The van der Waals surface area contributed by atoms with Crippen LogP contribution < -0.4 is 0 Å². The van der Waals surface area contributed by atoms with Crippen LogP contribution in [-0.4, -0.2) is 33.7 Å². The van der Waals surface area contributed by atoms with Crippen LogP contribution in [0.5, 0.6) is 0 Å². The first-order chi connectivity index (χ1) is 17.0. The molecule has 7 heteroatoms. The standard InChI is InChI=1S/C28H24Cl3N3O/c29-23-9-5-4-8-22(23)26-18-27(34(32-26)21-10-11-24(30)25(31)17-21)28(35)33-14-12-20(13-15-33)16-19-6-2-1-3-7-19/h1-11,17-18,20H,12-16H2. The highest BCUT2D eigenvalue weighted by Gasteiger charge is 2.27. The Morgan fingerprint density at radius 2 is 1.54 bits per heavy atom. The summed E-state index contributed by atoms with van der Waals surface area (Å²) in [5.41, 5.74) is 3.88. The molecule has 1 aromatic heterocycles. The van der Waals surface area contributed by atoms with Gasteiger partial charge in [-0.3, -0.25) is 4.79 Å². The molecule has 3 aromatic carbocycles. The Hall–Kier alpha value is -2.79. The number of likely N-dealkylation sites (tertiary alicyclic amines) is 1. The van der Waals surface area contributed by atoms with Crippen LogP contribution in [0.4, 0.5) is 0 Å². The van der Waals surface area contributed by atoms with Gasteiger partial charge in [0.05, 0.1) is 26.4 Å². The molecule has 1 amide bonds. The van der Waals surface area contributed by atoms with Gasteiger partial charge in [-0.1, -0.05) is 83.3 Å². The summed E-state index contributed by atoms with van der Waals surface area (Å²) in [6, 6.07) is 25.1. The van der Waals surface area contributed by atoms with E-state index in [1.165, 1.54) is 5.56 Å². The molecule has 1 saturated heterocycles. The van der Waals surface area contributed by atoms with Crippen LogP contribution in [0.25, 0.3) is 16.9 Å². The van der Waals surface area contributed by atoms with Crippen molar-refractivity contribution >= 4 is 40.7 Å². The molecule has 4 nitrogen and oxygen atoms in total. The van der Waals surface area contributed by atoms with Gasteiger partial charge in [-0.05, 0) is 61.1 Å². The predicted molar refractivity (Wildman–Crippen MR) is 143 cm³/mol. The van der Waals surface area contributed by atoms with Gasteiger partial charge < -0.3 is 4.90 Å². The van der Waals surface area contributed by atoms with Crippen molar-refractivity contribution in [2.24, 2.45) is 5.92 Å².